The smallest absolute Gasteiger partial charge is 0.325 e. The van der Waals surface area contributed by atoms with Crippen LogP contribution in [0.4, 0.5) is 10.5 Å². The molecule has 1 aliphatic heterocycles. The van der Waals surface area contributed by atoms with E-state index in [1.807, 2.05) is 56.3 Å². The summed E-state index contributed by atoms with van der Waals surface area (Å²) in [7, 11) is 0. The van der Waals surface area contributed by atoms with Crippen molar-refractivity contribution >= 4 is 23.5 Å². The molecule has 1 saturated heterocycles. The highest BCUT2D eigenvalue weighted by Gasteiger charge is 2.38. The van der Waals surface area contributed by atoms with Crippen LogP contribution in [0.1, 0.15) is 16.7 Å². The predicted molar refractivity (Wildman–Crippen MR) is 98.7 cm³/mol. The second-order valence-corrected chi connectivity index (χ2v) is 6.46. The topological polar surface area (TPSA) is 78.5 Å². The quantitative estimate of drug-likeness (QED) is 0.812. The van der Waals surface area contributed by atoms with Gasteiger partial charge in [-0.1, -0.05) is 36.4 Å². The standard InChI is InChI=1S/C20H21N3O3/c1-13-8-9-16(10-14(13)2)21-18(24)12-23-19(25)17(22-20(23)26)11-15-6-4-3-5-7-15/h3-10,17H,11-12H2,1-2H3,(H,21,24)(H,22,26). The molecule has 1 aliphatic rings. The van der Waals surface area contributed by atoms with Gasteiger partial charge in [0.2, 0.25) is 5.91 Å². The molecule has 4 amide bonds. The summed E-state index contributed by atoms with van der Waals surface area (Å²) in [5.41, 5.74) is 3.78. The van der Waals surface area contributed by atoms with Crippen molar-refractivity contribution in [2.45, 2.75) is 26.3 Å². The number of urea groups is 1. The second-order valence-electron chi connectivity index (χ2n) is 6.46. The molecule has 1 fully saturated rings. The molecule has 1 unspecified atom stereocenters. The Labute approximate surface area is 152 Å². The van der Waals surface area contributed by atoms with E-state index in [9.17, 15) is 14.4 Å². The van der Waals surface area contributed by atoms with Crippen molar-refractivity contribution in [3.63, 3.8) is 0 Å². The van der Waals surface area contributed by atoms with Gasteiger partial charge >= 0.3 is 6.03 Å². The lowest BCUT2D eigenvalue weighted by molar-refractivity contribution is -0.130. The minimum Gasteiger partial charge on any atom is -0.325 e. The van der Waals surface area contributed by atoms with Crippen LogP contribution in [0.15, 0.2) is 48.5 Å². The van der Waals surface area contributed by atoms with Crippen molar-refractivity contribution in [1.82, 2.24) is 10.2 Å². The average molecular weight is 351 g/mol. The molecule has 6 nitrogen and oxygen atoms in total. The van der Waals surface area contributed by atoms with Crippen LogP contribution in [0.2, 0.25) is 0 Å². The zero-order chi connectivity index (χ0) is 18.7. The van der Waals surface area contributed by atoms with E-state index < -0.39 is 18.0 Å². The Balaban J connectivity index is 1.61. The lowest BCUT2D eigenvalue weighted by Gasteiger charge is -2.13. The molecule has 0 aliphatic carbocycles. The van der Waals surface area contributed by atoms with E-state index in [2.05, 4.69) is 10.6 Å². The number of amides is 4. The average Bonchev–Trinajstić information content (AvgIpc) is 2.86. The highest BCUT2D eigenvalue weighted by molar-refractivity contribution is 6.08. The van der Waals surface area contributed by atoms with Crippen LogP contribution in [0, 0.1) is 13.8 Å². The van der Waals surface area contributed by atoms with E-state index in [1.54, 1.807) is 6.07 Å². The van der Waals surface area contributed by atoms with Crippen molar-refractivity contribution in [1.29, 1.82) is 0 Å². The maximum Gasteiger partial charge on any atom is 0.325 e. The van der Waals surface area contributed by atoms with E-state index in [0.717, 1.165) is 21.6 Å². The number of hydrogen-bond donors (Lipinski definition) is 2. The van der Waals surface area contributed by atoms with Crippen molar-refractivity contribution in [3.8, 4) is 0 Å². The normalized spacial score (nSPS) is 16.5. The summed E-state index contributed by atoms with van der Waals surface area (Å²) < 4.78 is 0. The number of nitrogens with zero attached hydrogens (tertiary/aromatic N) is 1. The molecule has 26 heavy (non-hydrogen) atoms. The van der Waals surface area contributed by atoms with E-state index in [1.165, 1.54) is 0 Å². The Hall–Kier alpha value is -3.15. The number of imide groups is 1. The summed E-state index contributed by atoms with van der Waals surface area (Å²) in [6.45, 7) is 3.64. The highest BCUT2D eigenvalue weighted by Crippen LogP contribution is 2.15. The van der Waals surface area contributed by atoms with Gasteiger partial charge in [-0.05, 0) is 42.7 Å². The van der Waals surface area contributed by atoms with Gasteiger partial charge < -0.3 is 10.6 Å². The van der Waals surface area contributed by atoms with Crippen molar-refractivity contribution < 1.29 is 14.4 Å². The van der Waals surface area contributed by atoms with Crippen LogP contribution in [-0.4, -0.2) is 35.3 Å². The van der Waals surface area contributed by atoms with Crippen LogP contribution in [0.25, 0.3) is 0 Å². The molecule has 0 radical (unpaired) electrons. The maximum absolute atomic E-state index is 12.5. The fourth-order valence-electron chi connectivity index (χ4n) is 2.88. The first kappa shape index (κ1) is 17.7. The zero-order valence-electron chi connectivity index (χ0n) is 14.8. The van der Waals surface area contributed by atoms with E-state index >= 15 is 0 Å². The minimum atomic E-state index is -0.640. The summed E-state index contributed by atoms with van der Waals surface area (Å²) >= 11 is 0. The van der Waals surface area contributed by atoms with Crippen LogP contribution >= 0.6 is 0 Å². The van der Waals surface area contributed by atoms with Gasteiger partial charge in [-0.2, -0.15) is 0 Å². The van der Waals surface area contributed by atoms with Gasteiger partial charge in [0.25, 0.3) is 5.91 Å². The fraction of sp³-hybridized carbons (Fsp3) is 0.250. The number of nitrogens with one attached hydrogen (secondary N) is 2. The summed E-state index contributed by atoms with van der Waals surface area (Å²) in [4.78, 5) is 37.8. The first-order chi connectivity index (χ1) is 12.4. The summed E-state index contributed by atoms with van der Waals surface area (Å²) in [5, 5.41) is 5.38. The van der Waals surface area contributed by atoms with Gasteiger partial charge in [0.05, 0.1) is 0 Å². The van der Waals surface area contributed by atoms with Gasteiger partial charge in [-0.25, -0.2) is 4.79 Å². The molecular weight excluding hydrogens is 330 g/mol. The summed E-state index contributed by atoms with van der Waals surface area (Å²) in [5.74, 6) is -0.786. The number of carbonyl (C=O) groups is 3. The number of benzene rings is 2. The lowest BCUT2D eigenvalue weighted by Crippen LogP contribution is -2.38. The lowest BCUT2D eigenvalue weighted by atomic mass is 10.1. The third-order valence-corrected chi connectivity index (χ3v) is 4.48. The molecule has 3 rings (SSSR count). The predicted octanol–water partition coefficient (Wildman–Crippen LogP) is 2.41. The van der Waals surface area contributed by atoms with E-state index in [-0.39, 0.29) is 12.5 Å². The Morgan fingerprint density at radius 1 is 1.08 bits per heavy atom. The molecule has 0 saturated carbocycles. The number of carbonyl (C=O) groups excluding carboxylic acids is 3. The second kappa shape index (κ2) is 7.39. The molecule has 2 aromatic carbocycles. The van der Waals surface area contributed by atoms with Crippen LogP contribution < -0.4 is 10.6 Å². The molecular formula is C20H21N3O3. The van der Waals surface area contributed by atoms with Crippen molar-refractivity contribution in [2.24, 2.45) is 0 Å². The molecule has 1 atom stereocenters. The SMILES string of the molecule is Cc1ccc(NC(=O)CN2C(=O)NC(Cc3ccccc3)C2=O)cc1C. The number of anilines is 1. The van der Waals surface area contributed by atoms with E-state index in [4.69, 9.17) is 0 Å². The number of hydrogen-bond acceptors (Lipinski definition) is 3. The summed E-state index contributed by atoms with van der Waals surface area (Å²) in [6, 6.07) is 13.8. The number of aryl methyl sites for hydroxylation is 2. The first-order valence-corrected chi connectivity index (χ1v) is 8.47. The van der Waals surface area contributed by atoms with Crippen LogP contribution in [0.3, 0.4) is 0 Å². The fourth-order valence-corrected chi connectivity index (χ4v) is 2.88. The zero-order valence-corrected chi connectivity index (χ0v) is 14.8. The monoisotopic (exact) mass is 351 g/mol. The third-order valence-electron chi connectivity index (χ3n) is 4.48. The number of rotatable bonds is 5. The highest BCUT2D eigenvalue weighted by atomic mass is 16.2. The Morgan fingerprint density at radius 3 is 2.50 bits per heavy atom. The minimum absolute atomic E-state index is 0.303. The van der Waals surface area contributed by atoms with E-state index in [0.29, 0.717) is 12.1 Å². The Kier molecular flexibility index (Phi) is 5.02. The molecule has 2 N–H and O–H groups in total. The first-order valence-electron chi connectivity index (χ1n) is 8.47. The van der Waals surface area contributed by atoms with Gasteiger partial charge in [0.15, 0.2) is 0 Å². The van der Waals surface area contributed by atoms with Gasteiger partial charge in [-0.3, -0.25) is 14.5 Å². The molecule has 134 valence electrons. The van der Waals surface area contributed by atoms with Gasteiger partial charge in [0.1, 0.15) is 12.6 Å². The van der Waals surface area contributed by atoms with Gasteiger partial charge in [0, 0.05) is 12.1 Å². The van der Waals surface area contributed by atoms with Crippen molar-refractivity contribution in [3.05, 3.63) is 65.2 Å². The Morgan fingerprint density at radius 2 is 1.81 bits per heavy atom. The maximum atomic E-state index is 12.5. The van der Waals surface area contributed by atoms with Crippen LogP contribution in [0.5, 0.6) is 0 Å². The Bertz CT molecular complexity index is 849. The molecule has 0 aromatic heterocycles. The molecule has 0 spiro atoms. The molecule has 0 bridgehead atoms. The van der Waals surface area contributed by atoms with Crippen molar-refractivity contribution in [2.75, 3.05) is 11.9 Å². The van der Waals surface area contributed by atoms with Gasteiger partial charge in [-0.15, -0.1) is 0 Å². The van der Waals surface area contributed by atoms with Crippen LogP contribution in [-0.2, 0) is 16.0 Å². The molecule has 6 heteroatoms. The molecule has 2 aromatic rings. The molecule has 1 heterocycles. The third kappa shape index (κ3) is 3.91. The largest absolute Gasteiger partial charge is 0.325 e. The summed E-state index contributed by atoms with van der Waals surface area (Å²) in [6.07, 6.45) is 0.403.